The quantitative estimate of drug-likeness (QED) is 0.664. The minimum atomic E-state index is -0.415. The van der Waals surface area contributed by atoms with Gasteiger partial charge < -0.3 is 9.73 Å². The van der Waals surface area contributed by atoms with Crippen molar-refractivity contribution in [1.29, 1.82) is 0 Å². The van der Waals surface area contributed by atoms with E-state index < -0.39 is 4.92 Å². The number of benzene rings is 1. The molecule has 104 valence electrons. The van der Waals surface area contributed by atoms with Crippen molar-refractivity contribution < 1.29 is 9.34 Å². The van der Waals surface area contributed by atoms with Crippen LogP contribution in [0.3, 0.4) is 0 Å². The Morgan fingerprint density at radius 2 is 2.15 bits per heavy atom. The molecule has 0 bridgehead atoms. The van der Waals surface area contributed by atoms with Crippen molar-refractivity contribution in [2.45, 2.75) is 25.4 Å². The number of nitro benzene ring substituents is 1. The number of halogens is 1. The third kappa shape index (κ3) is 2.91. The first-order valence-electron chi connectivity index (χ1n) is 6.40. The van der Waals surface area contributed by atoms with Crippen molar-refractivity contribution in [3.8, 4) is 11.3 Å². The SMILES string of the molecule is O=[N+]([O-])c1ccc(-c2ccc(CNC3CC3)o2)c(Br)c1. The summed E-state index contributed by atoms with van der Waals surface area (Å²) in [6.07, 6.45) is 2.48. The normalized spacial score (nSPS) is 14.4. The van der Waals surface area contributed by atoms with Crippen molar-refractivity contribution in [3.05, 3.63) is 50.7 Å². The third-order valence-electron chi connectivity index (χ3n) is 3.23. The molecule has 0 saturated heterocycles. The molecule has 0 aliphatic heterocycles. The fourth-order valence-electron chi connectivity index (χ4n) is 1.97. The predicted octanol–water partition coefficient (Wildman–Crippen LogP) is 3.87. The van der Waals surface area contributed by atoms with E-state index in [4.69, 9.17) is 4.42 Å². The average Bonchev–Trinajstić information content (AvgIpc) is 3.14. The van der Waals surface area contributed by atoms with E-state index in [9.17, 15) is 10.1 Å². The van der Waals surface area contributed by atoms with Crippen molar-refractivity contribution in [1.82, 2.24) is 5.32 Å². The molecule has 1 aliphatic rings. The van der Waals surface area contributed by atoms with Gasteiger partial charge in [0.2, 0.25) is 0 Å². The maximum atomic E-state index is 10.7. The van der Waals surface area contributed by atoms with Crippen molar-refractivity contribution in [2.24, 2.45) is 0 Å². The van der Waals surface area contributed by atoms with Crippen LogP contribution in [0.5, 0.6) is 0 Å². The lowest BCUT2D eigenvalue weighted by Crippen LogP contribution is -2.14. The van der Waals surface area contributed by atoms with E-state index in [0.29, 0.717) is 16.3 Å². The second-order valence-electron chi connectivity index (χ2n) is 4.84. The standard InChI is InChI=1S/C14H13BrN2O3/c15-13-7-10(17(18)19)3-5-12(13)14-6-4-11(20-14)8-16-9-1-2-9/h3-7,9,16H,1-2,8H2. The van der Waals surface area contributed by atoms with Crippen LogP contribution in [0.2, 0.25) is 0 Å². The summed E-state index contributed by atoms with van der Waals surface area (Å²) in [5.41, 5.74) is 0.871. The molecule has 3 rings (SSSR count). The number of non-ortho nitro benzene ring substituents is 1. The van der Waals surface area contributed by atoms with Gasteiger partial charge >= 0.3 is 0 Å². The van der Waals surface area contributed by atoms with Gasteiger partial charge in [-0.3, -0.25) is 10.1 Å². The van der Waals surface area contributed by atoms with Gasteiger partial charge in [-0.05, 0) is 47.0 Å². The summed E-state index contributed by atoms with van der Waals surface area (Å²) in [4.78, 5) is 10.3. The number of hydrogen-bond donors (Lipinski definition) is 1. The molecule has 2 aromatic rings. The molecular formula is C14H13BrN2O3. The van der Waals surface area contributed by atoms with Gasteiger partial charge in [-0.25, -0.2) is 0 Å². The molecule has 1 N–H and O–H groups in total. The molecule has 0 radical (unpaired) electrons. The van der Waals surface area contributed by atoms with Gasteiger partial charge in [-0.1, -0.05) is 0 Å². The smallest absolute Gasteiger partial charge is 0.270 e. The fraction of sp³-hybridized carbons (Fsp3) is 0.286. The fourth-order valence-corrected chi connectivity index (χ4v) is 2.53. The topological polar surface area (TPSA) is 68.3 Å². The zero-order valence-electron chi connectivity index (χ0n) is 10.6. The van der Waals surface area contributed by atoms with Gasteiger partial charge in [0.15, 0.2) is 0 Å². The lowest BCUT2D eigenvalue weighted by molar-refractivity contribution is -0.384. The summed E-state index contributed by atoms with van der Waals surface area (Å²) in [7, 11) is 0. The molecule has 5 nitrogen and oxygen atoms in total. The molecule has 1 aromatic carbocycles. The van der Waals surface area contributed by atoms with E-state index in [1.165, 1.54) is 25.0 Å². The van der Waals surface area contributed by atoms with E-state index in [1.54, 1.807) is 6.07 Å². The Labute approximate surface area is 124 Å². The Bertz CT molecular complexity index is 650. The van der Waals surface area contributed by atoms with E-state index in [-0.39, 0.29) is 5.69 Å². The third-order valence-corrected chi connectivity index (χ3v) is 3.89. The molecule has 1 aromatic heterocycles. The summed E-state index contributed by atoms with van der Waals surface area (Å²) >= 11 is 3.35. The van der Waals surface area contributed by atoms with E-state index in [0.717, 1.165) is 17.9 Å². The van der Waals surface area contributed by atoms with E-state index in [2.05, 4.69) is 21.2 Å². The number of furan rings is 1. The molecule has 1 saturated carbocycles. The summed E-state index contributed by atoms with van der Waals surface area (Å²) in [5.74, 6) is 1.58. The van der Waals surface area contributed by atoms with Gasteiger partial charge in [-0.15, -0.1) is 0 Å². The summed E-state index contributed by atoms with van der Waals surface area (Å²) in [6, 6.07) is 9.10. The maximum Gasteiger partial charge on any atom is 0.270 e. The summed E-state index contributed by atoms with van der Waals surface area (Å²) < 4.78 is 6.42. The van der Waals surface area contributed by atoms with Crippen LogP contribution >= 0.6 is 15.9 Å². The lowest BCUT2D eigenvalue weighted by atomic mass is 10.1. The van der Waals surface area contributed by atoms with Crippen LogP contribution in [-0.4, -0.2) is 11.0 Å². The number of nitrogens with one attached hydrogen (secondary N) is 1. The van der Waals surface area contributed by atoms with E-state index in [1.807, 2.05) is 12.1 Å². The molecule has 20 heavy (non-hydrogen) atoms. The number of nitrogens with zero attached hydrogens (tertiary/aromatic N) is 1. The molecular weight excluding hydrogens is 324 g/mol. The second-order valence-corrected chi connectivity index (χ2v) is 5.70. The van der Waals surface area contributed by atoms with Gasteiger partial charge in [0.05, 0.1) is 11.5 Å². The van der Waals surface area contributed by atoms with Gasteiger partial charge in [-0.2, -0.15) is 0 Å². The van der Waals surface area contributed by atoms with Crippen LogP contribution in [0.15, 0.2) is 39.2 Å². The highest BCUT2D eigenvalue weighted by molar-refractivity contribution is 9.10. The van der Waals surface area contributed by atoms with Gasteiger partial charge in [0, 0.05) is 28.2 Å². The number of hydrogen-bond acceptors (Lipinski definition) is 4. The predicted molar refractivity (Wildman–Crippen MR) is 78.4 cm³/mol. The summed E-state index contributed by atoms with van der Waals surface area (Å²) in [5, 5.41) is 14.1. The first-order chi connectivity index (χ1) is 9.63. The Balaban J connectivity index is 1.79. The van der Waals surface area contributed by atoms with Crippen molar-refractivity contribution in [3.63, 3.8) is 0 Å². The summed E-state index contributed by atoms with van der Waals surface area (Å²) in [6.45, 7) is 0.718. The Morgan fingerprint density at radius 1 is 1.35 bits per heavy atom. The molecule has 0 unspecified atom stereocenters. The van der Waals surface area contributed by atoms with Crippen LogP contribution in [0.1, 0.15) is 18.6 Å². The van der Waals surface area contributed by atoms with Crippen LogP contribution in [-0.2, 0) is 6.54 Å². The number of nitro groups is 1. The van der Waals surface area contributed by atoms with Crippen LogP contribution in [0, 0.1) is 10.1 Å². The maximum absolute atomic E-state index is 10.7. The highest BCUT2D eigenvalue weighted by Crippen LogP contribution is 2.32. The van der Waals surface area contributed by atoms with Crippen LogP contribution < -0.4 is 5.32 Å². The molecule has 6 heteroatoms. The first kappa shape index (κ1) is 13.3. The minimum Gasteiger partial charge on any atom is -0.460 e. The second kappa shape index (κ2) is 5.38. The average molecular weight is 337 g/mol. The molecule has 0 amide bonds. The molecule has 0 spiro atoms. The lowest BCUT2D eigenvalue weighted by Gasteiger charge is -2.02. The van der Waals surface area contributed by atoms with Gasteiger partial charge in [0.1, 0.15) is 11.5 Å². The Kier molecular flexibility index (Phi) is 3.58. The monoisotopic (exact) mass is 336 g/mol. The van der Waals surface area contributed by atoms with Crippen molar-refractivity contribution in [2.75, 3.05) is 0 Å². The van der Waals surface area contributed by atoms with Gasteiger partial charge in [0.25, 0.3) is 5.69 Å². The molecule has 1 fully saturated rings. The highest BCUT2D eigenvalue weighted by atomic mass is 79.9. The number of rotatable bonds is 5. The largest absolute Gasteiger partial charge is 0.460 e. The zero-order valence-corrected chi connectivity index (χ0v) is 12.2. The Hall–Kier alpha value is -1.66. The van der Waals surface area contributed by atoms with Crippen LogP contribution in [0.25, 0.3) is 11.3 Å². The molecule has 0 atom stereocenters. The van der Waals surface area contributed by atoms with Crippen molar-refractivity contribution >= 4 is 21.6 Å². The first-order valence-corrected chi connectivity index (χ1v) is 7.19. The molecule has 1 aliphatic carbocycles. The Morgan fingerprint density at radius 3 is 2.80 bits per heavy atom. The van der Waals surface area contributed by atoms with E-state index >= 15 is 0 Å². The highest BCUT2D eigenvalue weighted by Gasteiger charge is 2.20. The minimum absolute atomic E-state index is 0.0582. The molecule has 1 heterocycles. The van der Waals surface area contributed by atoms with Crippen LogP contribution in [0.4, 0.5) is 5.69 Å². The zero-order chi connectivity index (χ0) is 14.1.